The summed E-state index contributed by atoms with van der Waals surface area (Å²) in [7, 11) is 0. The number of alkyl carbamates (subject to hydrolysis) is 1. The van der Waals surface area contributed by atoms with Crippen molar-refractivity contribution in [3.05, 3.63) is 34.9 Å². The normalized spacial score (nSPS) is 14.9. The van der Waals surface area contributed by atoms with Crippen molar-refractivity contribution in [1.29, 1.82) is 0 Å². The number of thioether (sulfide) groups is 1. The molecule has 0 aromatic heterocycles. The highest BCUT2D eigenvalue weighted by atomic mass is 32.2. The fourth-order valence-corrected chi connectivity index (χ4v) is 5.05. The lowest BCUT2D eigenvalue weighted by atomic mass is 9.86. The second-order valence-corrected chi connectivity index (χ2v) is 11.9. The molecule has 1 aromatic rings. The van der Waals surface area contributed by atoms with Crippen molar-refractivity contribution in [3.63, 3.8) is 0 Å². The molecule has 0 bridgehead atoms. The van der Waals surface area contributed by atoms with E-state index in [1.165, 1.54) is 0 Å². The van der Waals surface area contributed by atoms with Crippen LogP contribution in [0.3, 0.4) is 0 Å². The van der Waals surface area contributed by atoms with E-state index in [9.17, 15) is 19.2 Å². The number of nitrogens with zero attached hydrogens (tertiary/aromatic N) is 1. The first-order chi connectivity index (χ1) is 18.4. The summed E-state index contributed by atoms with van der Waals surface area (Å²) in [5.74, 6) is -0.428. The van der Waals surface area contributed by atoms with Crippen molar-refractivity contribution in [1.82, 2.24) is 15.5 Å². The minimum atomic E-state index is -0.914. The Kier molecular flexibility index (Phi) is 12.6. The minimum Gasteiger partial charge on any atom is -0.466 e. The SMILES string of the molecule is CCOC(=O)CCNC(=O)C(c1c(C)cccc1C)N(C(=O)C(CCSC)NC(=O)OC(C)(C)C)C1CCC1. The molecule has 0 spiro atoms. The summed E-state index contributed by atoms with van der Waals surface area (Å²) in [6.07, 6.45) is 4.19. The van der Waals surface area contributed by atoms with Crippen LogP contribution in [0.15, 0.2) is 18.2 Å². The maximum absolute atomic E-state index is 14.3. The van der Waals surface area contributed by atoms with E-state index < -0.39 is 29.7 Å². The summed E-state index contributed by atoms with van der Waals surface area (Å²) in [6, 6.07) is 3.86. The van der Waals surface area contributed by atoms with Gasteiger partial charge in [0.2, 0.25) is 11.8 Å². The molecule has 218 valence electrons. The quantitative estimate of drug-likeness (QED) is 0.341. The Balaban J connectivity index is 2.47. The van der Waals surface area contributed by atoms with E-state index in [2.05, 4.69) is 10.6 Å². The molecule has 1 aliphatic carbocycles. The van der Waals surface area contributed by atoms with Gasteiger partial charge < -0.3 is 25.0 Å². The molecule has 2 rings (SSSR count). The van der Waals surface area contributed by atoms with Crippen LogP contribution in [-0.2, 0) is 23.9 Å². The van der Waals surface area contributed by atoms with Gasteiger partial charge in [0.05, 0.1) is 13.0 Å². The first-order valence-corrected chi connectivity index (χ1v) is 15.1. The number of ether oxygens (including phenoxy) is 2. The zero-order chi connectivity index (χ0) is 29.2. The maximum atomic E-state index is 14.3. The van der Waals surface area contributed by atoms with E-state index in [0.29, 0.717) is 12.2 Å². The van der Waals surface area contributed by atoms with E-state index >= 15 is 0 Å². The second kappa shape index (κ2) is 15.1. The molecule has 2 unspecified atom stereocenters. The number of esters is 1. The van der Waals surface area contributed by atoms with Crippen LogP contribution in [-0.4, -0.2) is 71.6 Å². The van der Waals surface area contributed by atoms with E-state index in [0.717, 1.165) is 36.0 Å². The molecule has 0 aliphatic heterocycles. The smallest absolute Gasteiger partial charge is 0.408 e. The Labute approximate surface area is 237 Å². The zero-order valence-corrected chi connectivity index (χ0v) is 25.2. The van der Waals surface area contributed by atoms with Gasteiger partial charge in [-0.2, -0.15) is 11.8 Å². The minimum absolute atomic E-state index is 0.0347. The summed E-state index contributed by atoms with van der Waals surface area (Å²) in [5, 5.41) is 5.65. The molecular weight excluding hydrogens is 518 g/mol. The number of hydrogen-bond acceptors (Lipinski definition) is 7. The largest absolute Gasteiger partial charge is 0.466 e. The summed E-state index contributed by atoms with van der Waals surface area (Å²) < 4.78 is 10.4. The van der Waals surface area contributed by atoms with Crippen LogP contribution in [0.2, 0.25) is 0 Å². The maximum Gasteiger partial charge on any atom is 0.408 e. The average Bonchev–Trinajstić information content (AvgIpc) is 2.80. The molecule has 1 saturated carbocycles. The van der Waals surface area contributed by atoms with Crippen LogP contribution >= 0.6 is 11.8 Å². The van der Waals surface area contributed by atoms with Crippen LogP contribution in [0, 0.1) is 13.8 Å². The van der Waals surface area contributed by atoms with Gasteiger partial charge in [0.15, 0.2) is 0 Å². The molecule has 1 aromatic carbocycles. The molecule has 9 nitrogen and oxygen atoms in total. The molecule has 0 heterocycles. The molecule has 0 radical (unpaired) electrons. The van der Waals surface area contributed by atoms with Gasteiger partial charge in [0.1, 0.15) is 17.7 Å². The van der Waals surface area contributed by atoms with E-state index in [1.54, 1.807) is 44.4 Å². The van der Waals surface area contributed by atoms with E-state index in [1.807, 2.05) is 38.3 Å². The fourth-order valence-electron chi connectivity index (χ4n) is 4.58. The number of rotatable bonds is 13. The van der Waals surface area contributed by atoms with Crippen LogP contribution in [0.4, 0.5) is 4.79 Å². The van der Waals surface area contributed by atoms with Gasteiger partial charge in [0, 0.05) is 12.6 Å². The average molecular weight is 564 g/mol. The number of nitrogens with one attached hydrogen (secondary N) is 2. The second-order valence-electron chi connectivity index (χ2n) is 10.9. The van der Waals surface area contributed by atoms with Crippen molar-refractivity contribution in [2.75, 3.05) is 25.2 Å². The van der Waals surface area contributed by atoms with E-state index in [4.69, 9.17) is 9.47 Å². The third-order valence-electron chi connectivity index (χ3n) is 6.60. The van der Waals surface area contributed by atoms with Crippen LogP contribution < -0.4 is 10.6 Å². The molecule has 10 heteroatoms. The lowest BCUT2D eigenvalue weighted by Gasteiger charge is -2.44. The third-order valence-corrected chi connectivity index (χ3v) is 7.24. The van der Waals surface area contributed by atoms with Gasteiger partial charge in [-0.05, 0) is 95.9 Å². The summed E-state index contributed by atoms with van der Waals surface area (Å²) >= 11 is 1.58. The molecule has 2 N–H and O–H groups in total. The van der Waals surface area contributed by atoms with Crippen molar-refractivity contribution in [3.8, 4) is 0 Å². The van der Waals surface area contributed by atoms with E-state index in [-0.39, 0.29) is 37.4 Å². The molecule has 39 heavy (non-hydrogen) atoms. The summed E-state index contributed by atoms with van der Waals surface area (Å²) in [5.41, 5.74) is 1.81. The Morgan fingerprint density at radius 3 is 2.28 bits per heavy atom. The standard InChI is InChI=1S/C29H45N3O6S/c1-8-37-23(33)15-17-30-26(34)25(24-19(2)11-9-12-20(24)3)32(21-13-10-14-21)27(35)22(16-18-39-7)31-28(36)38-29(4,5)6/h9,11-12,21-22,25H,8,10,13-18H2,1-7H3,(H,30,34)(H,31,36). The van der Waals surface area contributed by atoms with Gasteiger partial charge in [0.25, 0.3) is 0 Å². The fraction of sp³-hybridized carbons (Fsp3) is 0.655. The highest BCUT2D eigenvalue weighted by molar-refractivity contribution is 7.98. The predicted octanol–water partition coefficient (Wildman–Crippen LogP) is 4.44. The Morgan fingerprint density at radius 1 is 1.13 bits per heavy atom. The number of amides is 3. The third kappa shape index (κ3) is 9.74. The lowest BCUT2D eigenvalue weighted by molar-refractivity contribution is -0.148. The lowest BCUT2D eigenvalue weighted by Crippen LogP contribution is -2.58. The summed E-state index contributed by atoms with van der Waals surface area (Å²) in [6.45, 7) is 11.2. The highest BCUT2D eigenvalue weighted by Gasteiger charge is 2.42. The monoisotopic (exact) mass is 563 g/mol. The Hall–Kier alpha value is -2.75. The summed E-state index contributed by atoms with van der Waals surface area (Å²) in [4.78, 5) is 54.4. The molecule has 3 amide bonds. The predicted molar refractivity (Wildman–Crippen MR) is 154 cm³/mol. The zero-order valence-electron chi connectivity index (χ0n) is 24.4. The van der Waals surface area contributed by atoms with Crippen LogP contribution in [0.5, 0.6) is 0 Å². The number of hydrogen-bond donors (Lipinski definition) is 2. The molecule has 1 fully saturated rings. The van der Waals surface area contributed by atoms with Crippen LogP contribution in [0.1, 0.15) is 82.5 Å². The van der Waals surface area contributed by atoms with Gasteiger partial charge in [-0.1, -0.05) is 18.2 Å². The molecular formula is C29H45N3O6S. The Morgan fingerprint density at radius 2 is 1.77 bits per heavy atom. The molecule has 1 aliphatic rings. The van der Waals surface area contributed by atoms with Gasteiger partial charge >= 0.3 is 12.1 Å². The van der Waals surface area contributed by atoms with Crippen molar-refractivity contribution in [2.45, 2.75) is 97.4 Å². The number of carbonyl (C=O) groups excluding carboxylic acids is 4. The van der Waals surface area contributed by atoms with Crippen molar-refractivity contribution < 1.29 is 28.7 Å². The van der Waals surface area contributed by atoms with Crippen molar-refractivity contribution >= 4 is 35.6 Å². The topological polar surface area (TPSA) is 114 Å². The molecule has 2 atom stereocenters. The van der Waals surface area contributed by atoms with Crippen molar-refractivity contribution in [2.24, 2.45) is 0 Å². The molecule has 0 saturated heterocycles. The van der Waals surface area contributed by atoms with Gasteiger partial charge in [-0.3, -0.25) is 14.4 Å². The van der Waals surface area contributed by atoms with Crippen LogP contribution in [0.25, 0.3) is 0 Å². The van der Waals surface area contributed by atoms with Gasteiger partial charge in [-0.15, -0.1) is 0 Å². The number of aryl methyl sites for hydroxylation is 2. The first kappa shape index (κ1) is 32.5. The number of benzene rings is 1. The highest BCUT2D eigenvalue weighted by Crippen LogP contribution is 2.36. The Bertz CT molecular complexity index is 985. The first-order valence-electron chi connectivity index (χ1n) is 13.7. The number of carbonyl (C=O) groups is 4. The van der Waals surface area contributed by atoms with Gasteiger partial charge in [-0.25, -0.2) is 4.79 Å².